The number of nitrogens with two attached hydrogens (primary N) is 1. The molecule has 0 bridgehead atoms. The normalized spacial score (nSPS) is 16.5. The first-order valence-electron chi connectivity index (χ1n) is 7.78. The Morgan fingerprint density at radius 3 is 2.81 bits per heavy atom. The predicted molar refractivity (Wildman–Crippen MR) is 89.7 cm³/mol. The SMILES string of the molecule is CNC(C)(CCCCSc1ccc2c(c1)CCC2)C(N)=O. The van der Waals surface area contributed by atoms with Gasteiger partial charge in [-0.15, -0.1) is 11.8 Å². The molecule has 1 unspecified atom stereocenters. The standard InChI is InChI=1S/C17H26N2OS/c1-17(19-2,16(18)20)10-3-4-11-21-15-9-8-13-6-5-7-14(13)12-15/h8-9,12,19H,3-7,10-11H2,1-2H3,(H2,18,20). The third-order valence-electron chi connectivity index (χ3n) is 4.51. The average molecular weight is 306 g/mol. The Balaban J connectivity index is 1.72. The van der Waals surface area contributed by atoms with Crippen LogP contribution in [0.2, 0.25) is 0 Å². The molecule has 0 aromatic heterocycles. The van der Waals surface area contributed by atoms with Gasteiger partial charge in [0.15, 0.2) is 0 Å². The van der Waals surface area contributed by atoms with Gasteiger partial charge in [0.25, 0.3) is 0 Å². The van der Waals surface area contributed by atoms with Gasteiger partial charge in [0.05, 0.1) is 5.54 Å². The molecular formula is C17H26N2OS. The van der Waals surface area contributed by atoms with Gasteiger partial charge in [-0.1, -0.05) is 12.5 Å². The summed E-state index contributed by atoms with van der Waals surface area (Å²) in [7, 11) is 1.80. The average Bonchev–Trinajstić information content (AvgIpc) is 2.94. The van der Waals surface area contributed by atoms with Crippen LogP contribution >= 0.6 is 11.8 Å². The number of likely N-dealkylation sites (N-methyl/N-ethyl adjacent to an activating group) is 1. The van der Waals surface area contributed by atoms with E-state index in [1.165, 1.54) is 35.3 Å². The molecule has 3 nitrogen and oxygen atoms in total. The number of nitrogens with one attached hydrogen (secondary N) is 1. The summed E-state index contributed by atoms with van der Waals surface area (Å²) in [5.41, 5.74) is 7.93. The number of aryl methyl sites for hydroxylation is 2. The zero-order chi connectivity index (χ0) is 15.3. The summed E-state index contributed by atoms with van der Waals surface area (Å²) < 4.78 is 0. The molecule has 1 aromatic carbocycles. The molecular weight excluding hydrogens is 280 g/mol. The highest BCUT2D eigenvalue weighted by molar-refractivity contribution is 7.99. The Kier molecular flexibility index (Phi) is 5.71. The van der Waals surface area contributed by atoms with Gasteiger partial charge in [-0.05, 0) is 75.1 Å². The molecule has 2 rings (SSSR count). The Morgan fingerprint density at radius 1 is 1.33 bits per heavy atom. The first-order chi connectivity index (χ1) is 10.0. The minimum Gasteiger partial charge on any atom is -0.368 e. The maximum atomic E-state index is 11.4. The first kappa shape index (κ1) is 16.4. The molecule has 1 atom stereocenters. The van der Waals surface area contributed by atoms with Gasteiger partial charge in [0.1, 0.15) is 0 Å². The van der Waals surface area contributed by atoms with E-state index < -0.39 is 5.54 Å². The van der Waals surface area contributed by atoms with Crippen molar-refractivity contribution in [2.24, 2.45) is 5.73 Å². The summed E-state index contributed by atoms with van der Waals surface area (Å²) in [6, 6.07) is 6.89. The second kappa shape index (κ2) is 7.32. The summed E-state index contributed by atoms with van der Waals surface area (Å²) in [6.07, 6.45) is 6.70. The van der Waals surface area contributed by atoms with Crippen LogP contribution in [0.25, 0.3) is 0 Å². The molecule has 21 heavy (non-hydrogen) atoms. The molecule has 1 aliphatic rings. The lowest BCUT2D eigenvalue weighted by atomic mass is 9.94. The molecule has 1 amide bonds. The van der Waals surface area contributed by atoms with Gasteiger partial charge in [0, 0.05) is 4.90 Å². The van der Waals surface area contributed by atoms with Crippen LogP contribution in [-0.4, -0.2) is 24.2 Å². The lowest BCUT2D eigenvalue weighted by Gasteiger charge is -2.25. The summed E-state index contributed by atoms with van der Waals surface area (Å²) in [5, 5.41) is 3.03. The number of amides is 1. The number of hydrogen-bond donors (Lipinski definition) is 2. The predicted octanol–water partition coefficient (Wildman–Crippen LogP) is 2.90. The number of hydrogen-bond acceptors (Lipinski definition) is 3. The molecule has 1 aromatic rings. The zero-order valence-corrected chi connectivity index (χ0v) is 13.9. The van der Waals surface area contributed by atoms with E-state index in [4.69, 9.17) is 5.73 Å². The third kappa shape index (κ3) is 4.24. The quantitative estimate of drug-likeness (QED) is 0.573. The van der Waals surface area contributed by atoms with Crippen LogP contribution in [0.5, 0.6) is 0 Å². The van der Waals surface area contributed by atoms with Crippen molar-refractivity contribution >= 4 is 17.7 Å². The smallest absolute Gasteiger partial charge is 0.237 e. The highest BCUT2D eigenvalue weighted by atomic mass is 32.2. The highest BCUT2D eigenvalue weighted by Crippen LogP contribution is 2.28. The van der Waals surface area contributed by atoms with Crippen LogP contribution in [0.1, 0.15) is 43.7 Å². The number of benzene rings is 1. The van der Waals surface area contributed by atoms with Crippen LogP contribution in [0.15, 0.2) is 23.1 Å². The number of carbonyl (C=O) groups excluding carboxylic acids is 1. The van der Waals surface area contributed by atoms with E-state index in [2.05, 4.69) is 23.5 Å². The van der Waals surface area contributed by atoms with Crippen LogP contribution in [0.4, 0.5) is 0 Å². The van der Waals surface area contributed by atoms with E-state index in [9.17, 15) is 4.79 Å². The molecule has 0 heterocycles. The van der Waals surface area contributed by atoms with Gasteiger partial charge in [-0.2, -0.15) is 0 Å². The molecule has 3 N–H and O–H groups in total. The minimum absolute atomic E-state index is 0.267. The second-order valence-electron chi connectivity index (χ2n) is 6.04. The van der Waals surface area contributed by atoms with Crippen molar-refractivity contribution in [3.05, 3.63) is 29.3 Å². The fourth-order valence-corrected chi connectivity index (χ4v) is 3.75. The van der Waals surface area contributed by atoms with Crippen molar-refractivity contribution in [3.63, 3.8) is 0 Å². The van der Waals surface area contributed by atoms with Gasteiger partial charge in [-0.25, -0.2) is 0 Å². The molecule has 4 heteroatoms. The van der Waals surface area contributed by atoms with Crippen molar-refractivity contribution in [1.29, 1.82) is 0 Å². The Hall–Kier alpha value is -1.00. The van der Waals surface area contributed by atoms with Gasteiger partial charge in [-0.3, -0.25) is 4.79 Å². The fraction of sp³-hybridized carbons (Fsp3) is 0.588. The molecule has 0 spiro atoms. The van der Waals surface area contributed by atoms with Crippen LogP contribution in [-0.2, 0) is 17.6 Å². The maximum Gasteiger partial charge on any atom is 0.237 e. The monoisotopic (exact) mass is 306 g/mol. The van der Waals surface area contributed by atoms with Gasteiger partial charge in [0.2, 0.25) is 5.91 Å². The first-order valence-corrected chi connectivity index (χ1v) is 8.77. The zero-order valence-electron chi connectivity index (χ0n) is 13.1. The molecule has 0 aliphatic heterocycles. The number of rotatable bonds is 8. The van der Waals surface area contributed by atoms with Crippen molar-refractivity contribution in [1.82, 2.24) is 5.32 Å². The van der Waals surface area contributed by atoms with Crippen LogP contribution in [0, 0.1) is 0 Å². The second-order valence-corrected chi connectivity index (χ2v) is 7.20. The molecule has 0 fully saturated rings. The number of fused-ring (bicyclic) bond motifs is 1. The van der Waals surface area contributed by atoms with Crippen LogP contribution < -0.4 is 11.1 Å². The number of carbonyl (C=O) groups is 1. The summed E-state index contributed by atoms with van der Waals surface area (Å²) in [6.45, 7) is 1.88. The molecule has 0 saturated heterocycles. The molecule has 1 aliphatic carbocycles. The Morgan fingerprint density at radius 2 is 2.10 bits per heavy atom. The van der Waals surface area contributed by atoms with Crippen molar-refractivity contribution in [2.75, 3.05) is 12.8 Å². The lowest BCUT2D eigenvalue weighted by Crippen LogP contribution is -2.51. The van der Waals surface area contributed by atoms with E-state index in [-0.39, 0.29) is 5.91 Å². The molecule has 0 saturated carbocycles. The minimum atomic E-state index is -0.571. The van der Waals surface area contributed by atoms with Gasteiger partial charge >= 0.3 is 0 Å². The Labute approximate surface area is 132 Å². The fourth-order valence-electron chi connectivity index (χ4n) is 2.78. The largest absolute Gasteiger partial charge is 0.368 e. The molecule has 116 valence electrons. The number of unbranched alkanes of at least 4 members (excludes halogenated alkanes) is 1. The van der Waals surface area contributed by atoms with Crippen molar-refractivity contribution in [3.8, 4) is 0 Å². The summed E-state index contributed by atoms with van der Waals surface area (Å²) in [4.78, 5) is 12.8. The molecule has 0 radical (unpaired) electrons. The van der Waals surface area contributed by atoms with E-state index in [0.717, 1.165) is 25.0 Å². The topological polar surface area (TPSA) is 55.1 Å². The van der Waals surface area contributed by atoms with Crippen molar-refractivity contribution in [2.45, 2.75) is 55.9 Å². The number of thioether (sulfide) groups is 1. The maximum absolute atomic E-state index is 11.4. The van der Waals surface area contributed by atoms with Crippen LogP contribution in [0.3, 0.4) is 0 Å². The van der Waals surface area contributed by atoms with Gasteiger partial charge < -0.3 is 11.1 Å². The van der Waals surface area contributed by atoms with E-state index in [1.807, 2.05) is 18.7 Å². The van der Waals surface area contributed by atoms with E-state index >= 15 is 0 Å². The lowest BCUT2D eigenvalue weighted by molar-refractivity contribution is -0.123. The third-order valence-corrected chi connectivity index (χ3v) is 5.59. The van der Waals surface area contributed by atoms with Crippen molar-refractivity contribution < 1.29 is 4.79 Å². The number of primary amides is 1. The highest BCUT2D eigenvalue weighted by Gasteiger charge is 2.27. The van der Waals surface area contributed by atoms with E-state index in [1.54, 1.807) is 7.05 Å². The van der Waals surface area contributed by atoms with E-state index in [0.29, 0.717) is 0 Å². The Bertz CT molecular complexity index is 504. The summed E-state index contributed by atoms with van der Waals surface area (Å²) in [5.74, 6) is 0.827. The summed E-state index contributed by atoms with van der Waals surface area (Å²) >= 11 is 1.92.